The van der Waals surface area contributed by atoms with E-state index in [0.29, 0.717) is 17.9 Å². The monoisotopic (exact) mass is 303 g/mol. The predicted molar refractivity (Wildman–Crippen MR) is 79.5 cm³/mol. The Morgan fingerprint density at radius 1 is 1.47 bits per heavy atom. The lowest BCUT2D eigenvalue weighted by Gasteiger charge is -2.12. The number of ether oxygens (including phenoxy) is 1. The van der Waals surface area contributed by atoms with Crippen molar-refractivity contribution >= 4 is 33.1 Å². The normalized spacial score (nSPS) is 11.3. The molecule has 0 aromatic heterocycles. The average molecular weight is 303 g/mol. The molecule has 106 valence electrons. The molecule has 1 aromatic carbocycles. The summed E-state index contributed by atoms with van der Waals surface area (Å²) in [4.78, 5) is 0.216. The molecular weight excluding hydrogens is 286 g/mol. The van der Waals surface area contributed by atoms with E-state index in [9.17, 15) is 8.42 Å². The van der Waals surface area contributed by atoms with Crippen LogP contribution in [-0.2, 0) is 14.9 Å². The first-order valence-electron chi connectivity index (χ1n) is 5.52. The molecule has 6 nitrogen and oxygen atoms in total. The van der Waals surface area contributed by atoms with E-state index in [1.807, 2.05) is 0 Å². The van der Waals surface area contributed by atoms with Crippen LogP contribution in [0.2, 0.25) is 0 Å². The Labute approximate surface area is 118 Å². The van der Waals surface area contributed by atoms with Crippen LogP contribution in [0.3, 0.4) is 0 Å². The maximum Gasteiger partial charge on any atom is 0.299 e. The molecule has 0 fully saturated rings. The second kappa shape index (κ2) is 6.80. The number of rotatable bonds is 7. The summed E-state index contributed by atoms with van der Waals surface area (Å²) in [6.45, 7) is 2.28. The smallest absolute Gasteiger partial charge is 0.299 e. The second-order valence-electron chi connectivity index (χ2n) is 3.89. The molecule has 0 heterocycles. The summed E-state index contributed by atoms with van der Waals surface area (Å²) in [5.74, 6) is 0. The van der Waals surface area contributed by atoms with Gasteiger partial charge in [0.2, 0.25) is 0 Å². The highest BCUT2D eigenvalue weighted by atomic mass is 32.2. The fourth-order valence-corrected chi connectivity index (χ4v) is 2.40. The van der Waals surface area contributed by atoms with Gasteiger partial charge >= 0.3 is 0 Å². The number of methoxy groups -OCH3 is 1. The molecule has 0 saturated carbocycles. The minimum Gasteiger partial charge on any atom is -0.389 e. The lowest BCUT2D eigenvalue weighted by Crippen LogP contribution is -2.32. The van der Waals surface area contributed by atoms with E-state index in [2.05, 4.69) is 9.44 Å². The molecular formula is C11H17N3O3S2. The zero-order valence-corrected chi connectivity index (χ0v) is 12.4. The summed E-state index contributed by atoms with van der Waals surface area (Å²) >= 11 is 4.86. The van der Waals surface area contributed by atoms with Crippen LogP contribution in [-0.4, -0.2) is 33.7 Å². The van der Waals surface area contributed by atoms with Gasteiger partial charge in [0.15, 0.2) is 0 Å². The summed E-state index contributed by atoms with van der Waals surface area (Å²) in [5, 5.41) is 0. The minimum absolute atomic E-state index is 0.194. The molecule has 0 aliphatic carbocycles. The molecule has 0 bridgehead atoms. The molecule has 8 heteroatoms. The third-order valence-corrected chi connectivity index (χ3v) is 3.67. The molecule has 0 saturated heterocycles. The van der Waals surface area contributed by atoms with Gasteiger partial charge < -0.3 is 10.5 Å². The van der Waals surface area contributed by atoms with Crippen molar-refractivity contribution in [3.8, 4) is 0 Å². The first kappa shape index (κ1) is 15.8. The summed E-state index contributed by atoms with van der Waals surface area (Å²) in [7, 11) is -2.14. The number of benzene rings is 1. The highest BCUT2D eigenvalue weighted by Gasteiger charge is 2.11. The third kappa shape index (κ3) is 5.11. The van der Waals surface area contributed by atoms with Gasteiger partial charge in [0.05, 0.1) is 12.3 Å². The van der Waals surface area contributed by atoms with Crippen LogP contribution in [0.5, 0.6) is 0 Å². The SMILES string of the molecule is COCCNS(=O)(=O)Nc1cc(C(N)=S)ccc1C. The molecule has 1 aromatic rings. The first-order valence-corrected chi connectivity index (χ1v) is 7.41. The molecule has 1 rings (SSSR count). The van der Waals surface area contributed by atoms with Gasteiger partial charge in [0, 0.05) is 19.2 Å². The van der Waals surface area contributed by atoms with Crippen LogP contribution in [0.15, 0.2) is 18.2 Å². The number of anilines is 1. The molecule has 0 aliphatic rings. The van der Waals surface area contributed by atoms with Crippen molar-refractivity contribution in [2.75, 3.05) is 25.0 Å². The zero-order valence-electron chi connectivity index (χ0n) is 10.8. The van der Waals surface area contributed by atoms with E-state index in [-0.39, 0.29) is 11.5 Å². The van der Waals surface area contributed by atoms with Crippen LogP contribution >= 0.6 is 12.2 Å². The fourth-order valence-electron chi connectivity index (χ4n) is 1.34. The quantitative estimate of drug-likeness (QED) is 0.504. The predicted octanol–water partition coefficient (Wildman–Crippen LogP) is 0.522. The second-order valence-corrected chi connectivity index (χ2v) is 5.83. The molecule has 0 amide bonds. The van der Waals surface area contributed by atoms with Crippen LogP contribution in [0.4, 0.5) is 5.69 Å². The van der Waals surface area contributed by atoms with Crippen LogP contribution in [0, 0.1) is 6.92 Å². The largest absolute Gasteiger partial charge is 0.389 e. The number of nitrogens with two attached hydrogens (primary N) is 1. The molecule has 0 atom stereocenters. The van der Waals surface area contributed by atoms with Crippen molar-refractivity contribution in [3.63, 3.8) is 0 Å². The van der Waals surface area contributed by atoms with E-state index in [1.165, 1.54) is 7.11 Å². The number of thiocarbonyl (C=S) groups is 1. The van der Waals surface area contributed by atoms with Gasteiger partial charge in [0.1, 0.15) is 4.99 Å². The van der Waals surface area contributed by atoms with E-state index in [4.69, 9.17) is 22.7 Å². The van der Waals surface area contributed by atoms with E-state index in [1.54, 1.807) is 25.1 Å². The topological polar surface area (TPSA) is 93.4 Å². The number of aryl methyl sites for hydroxylation is 1. The number of nitrogens with one attached hydrogen (secondary N) is 2. The van der Waals surface area contributed by atoms with Crippen LogP contribution in [0.25, 0.3) is 0 Å². The summed E-state index contributed by atoms with van der Waals surface area (Å²) in [6, 6.07) is 5.10. The summed E-state index contributed by atoms with van der Waals surface area (Å²) in [5.41, 5.74) is 7.34. The van der Waals surface area contributed by atoms with Gasteiger partial charge in [-0.05, 0) is 18.6 Å². The Kier molecular flexibility index (Phi) is 5.67. The van der Waals surface area contributed by atoms with Crippen molar-refractivity contribution in [1.29, 1.82) is 0 Å². The van der Waals surface area contributed by atoms with Crippen molar-refractivity contribution in [2.24, 2.45) is 5.73 Å². The zero-order chi connectivity index (χ0) is 14.5. The summed E-state index contributed by atoms with van der Waals surface area (Å²) in [6.07, 6.45) is 0. The third-order valence-electron chi connectivity index (χ3n) is 2.36. The maximum atomic E-state index is 11.8. The van der Waals surface area contributed by atoms with Crippen molar-refractivity contribution in [1.82, 2.24) is 4.72 Å². The molecule has 4 N–H and O–H groups in total. The Hall–Kier alpha value is -1.22. The average Bonchev–Trinajstić information content (AvgIpc) is 2.31. The van der Waals surface area contributed by atoms with Gasteiger partial charge in [-0.1, -0.05) is 24.4 Å². The molecule has 19 heavy (non-hydrogen) atoms. The minimum atomic E-state index is -3.64. The highest BCUT2D eigenvalue weighted by molar-refractivity contribution is 7.90. The van der Waals surface area contributed by atoms with Crippen molar-refractivity contribution in [3.05, 3.63) is 29.3 Å². The fraction of sp³-hybridized carbons (Fsp3) is 0.364. The molecule has 0 spiro atoms. The molecule has 0 radical (unpaired) electrons. The van der Waals surface area contributed by atoms with Crippen LogP contribution < -0.4 is 15.2 Å². The Morgan fingerprint density at radius 2 is 2.16 bits per heavy atom. The molecule has 0 aliphatic heterocycles. The summed E-state index contributed by atoms with van der Waals surface area (Å²) < 4.78 is 33.1. The lowest BCUT2D eigenvalue weighted by molar-refractivity contribution is 0.204. The van der Waals surface area contributed by atoms with Gasteiger partial charge in [-0.3, -0.25) is 4.72 Å². The van der Waals surface area contributed by atoms with Crippen molar-refractivity contribution in [2.45, 2.75) is 6.92 Å². The van der Waals surface area contributed by atoms with Gasteiger partial charge in [-0.25, -0.2) is 0 Å². The first-order chi connectivity index (χ1) is 8.85. The maximum absolute atomic E-state index is 11.8. The van der Waals surface area contributed by atoms with Crippen molar-refractivity contribution < 1.29 is 13.2 Å². The molecule has 0 unspecified atom stereocenters. The highest BCUT2D eigenvalue weighted by Crippen LogP contribution is 2.17. The number of hydrogen-bond acceptors (Lipinski definition) is 4. The van der Waals surface area contributed by atoms with Gasteiger partial charge in [-0.15, -0.1) is 0 Å². The van der Waals surface area contributed by atoms with E-state index < -0.39 is 10.2 Å². The van der Waals surface area contributed by atoms with Crippen LogP contribution in [0.1, 0.15) is 11.1 Å². The Morgan fingerprint density at radius 3 is 2.74 bits per heavy atom. The lowest BCUT2D eigenvalue weighted by atomic mass is 10.1. The number of hydrogen-bond donors (Lipinski definition) is 3. The van der Waals surface area contributed by atoms with E-state index in [0.717, 1.165) is 5.56 Å². The Bertz CT molecular complexity index is 558. The standard InChI is InChI=1S/C11H17N3O3S2/c1-8-3-4-9(11(12)18)7-10(8)14-19(15,16)13-5-6-17-2/h3-4,7,13-14H,5-6H2,1-2H3,(H2,12,18). The van der Waals surface area contributed by atoms with Gasteiger partial charge in [-0.2, -0.15) is 13.1 Å². The van der Waals surface area contributed by atoms with Gasteiger partial charge in [0.25, 0.3) is 10.2 Å². The van der Waals surface area contributed by atoms with E-state index >= 15 is 0 Å². The Balaban J connectivity index is 2.86.